The summed E-state index contributed by atoms with van der Waals surface area (Å²) in [7, 11) is 0. The molecule has 82 valence electrons. The first-order valence-corrected chi connectivity index (χ1v) is 6.20. The summed E-state index contributed by atoms with van der Waals surface area (Å²) in [6, 6.07) is 6.06. The van der Waals surface area contributed by atoms with Crippen molar-refractivity contribution in [3.63, 3.8) is 0 Å². The number of nitrogen functional groups attached to an aromatic ring is 1. The van der Waals surface area contributed by atoms with Gasteiger partial charge in [-0.1, -0.05) is 28.9 Å². The second-order valence-electron chi connectivity index (χ2n) is 4.45. The first-order valence-electron chi connectivity index (χ1n) is 5.41. The number of nitrogens with two attached hydrogens (primary N) is 1. The largest absolute Gasteiger partial charge is 0.398 e. The Morgan fingerprint density at radius 3 is 2.87 bits per heavy atom. The number of benzene rings is 1. The zero-order valence-corrected chi connectivity index (χ0v) is 10.5. The summed E-state index contributed by atoms with van der Waals surface area (Å²) in [4.78, 5) is 0. The van der Waals surface area contributed by atoms with Crippen molar-refractivity contribution in [3.8, 4) is 0 Å². The molecule has 0 radical (unpaired) electrons. The monoisotopic (exact) mass is 268 g/mol. The topological polar surface area (TPSA) is 38.0 Å². The summed E-state index contributed by atoms with van der Waals surface area (Å²) < 4.78 is 1.04. The highest BCUT2D eigenvalue weighted by atomic mass is 79.9. The van der Waals surface area contributed by atoms with Crippen molar-refractivity contribution in [2.75, 3.05) is 12.3 Å². The molecule has 2 rings (SSSR count). The van der Waals surface area contributed by atoms with Crippen molar-refractivity contribution in [1.82, 2.24) is 5.32 Å². The smallest absolute Gasteiger partial charge is 0.0370 e. The average Bonchev–Trinajstić information content (AvgIpc) is 2.86. The number of anilines is 1. The third-order valence-corrected chi connectivity index (χ3v) is 3.60. The fourth-order valence-electron chi connectivity index (χ4n) is 1.80. The predicted octanol–water partition coefficient (Wildman–Crippen LogP) is 2.78. The molecule has 0 amide bonds. The first kappa shape index (κ1) is 11.0. The predicted molar refractivity (Wildman–Crippen MR) is 67.5 cm³/mol. The van der Waals surface area contributed by atoms with Crippen LogP contribution in [0, 0.1) is 11.8 Å². The molecular weight excluding hydrogens is 252 g/mol. The van der Waals surface area contributed by atoms with Gasteiger partial charge in [0.25, 0.3) is 0 Å². The lowest BCUT2D eigenvalue weighted by Crippen LogP contribution is -2.17. The molecule has 0 aromatic heterocycles. The normalized spacial score (nSPS) is 24.1. The molecule has 1 aromatic carbocycles. The second kappa shape index (κ2) is 4.54. The Morgan fingerprint density at radius 1 is 1.53 bits per heavy atom. The van der Waals surface area contributed by atoms with E-state index in [0.717, 1.165) is 35.1 Å². The highest BCUT2D eigenvalue weighted by Gasteiger charge is 2.31. The van der Waals surface area contributed by atoms with Crippen LogP contribution in [0.25, 0.3) is 0 Å². The lowest BCUT2D eigenvalue weighted by Gasteiger charge is -2.07. The molecule has 2 atom stereocenters. The third kappa shape index (κ3) is 2.95. The molecule has 1 saturated carbocycles. The van der Waals surface area contributed by atoms with E-state index in [1.54, 1.807) is 0 Å². The maximum atomic E-state index is 5.91. The van der Waals surface area contributed by atoms with Crippen LogP contribution in [-0.4, -0.2) is 6.54 Å². The van der Waals surface area contributed by atoms with Gasteiger partial charge in [-0.25, -0.2) is 0 Å². The minimum absolute atomic E-state index is 0.862. The van der Waals surface area contributed by atoms with E-state index in [0.29, 0.717) is 0 Å². The molecule has 1 aliphatic rings. The highest BCUT2D eigenvalue weighted by Crippen LogP contribution is 2.36. The summed E-state index contributed by atoms with van der Waals surface area (Å²) in [6.07, 6.45) is 1.38. The van der Waals surface area contributed by atoms with Crippen LogP contribution in [0.3, 0.4) is 0 Å². The van der Waals surface area contributed by atoms with Gasteiger partial charge in [0, 0.05) is 16.7 Å². The van der Waals surface area contributed by atoms with Crippen molar-refractivity contribution in [2.24, 2.45) is 11.8 Å². The number of hydrogen-bond acceptors (Lipinski definition) is 2. The van der Waals surface area contributed by atoms with Crippen LogP contribution in [0.1, 0.15) is 18.9 Å². The summed E-state index contributed by atoms with van der Waals surface area (Å²) in [5.41, 5.74) is 7.96. The molecule has 0 saturated heterocycles. The molecule has 1 aromatic rings. The Labute approximate surface area is 99.4 Å². The molecule has 0 heterocycles. The van der Waals surface area contributed by atoms with Crippen LogP contribution in [0.15, 0.2) is 22.7 Å². The molecule has 2 unspecified atom stereocenters. The Kier molecular flexibility index (Phi) is 3.32. The van der Waals surface area contributed by atoms with Gasteiger partial charge >= 0.3 is 0 Å². The summed E-state index contributed by atoms with van der Waals surface area (Å²) in [5.74, 6) is 1.81. The Balaban J connectivity index is 1.82. The lowest BCUT2D eigenvalue weighted by atomic mass is 10.2. The maximum absolute atomic E-state index is 5.91. The van der Waals surface area contributed by atoms with Gasteiger partial charge < -0.3 is 11.1 Å². The van der Waals surface area contributed by atoms with Gasteiger partial charge in [0.15, 0.2) is 0 Å². The van der Waals surface area contributed by atoms with E-state index in [2.05, 4.69) is 34.2 Å². The average molecular weight is 269 g/mol. The van der Waals surface area contributed by atoms with E-state index in [1.165, 1.54) is 12.0 Å². The van der Waals surface area contributed by atoms with Crippen LogP contribution >= 0.6 is 15.9 Å². The van der Waals surface area contributed by atoms with Gasteiger partial charge in [-0.2, -0.15) is 0 Å². The van der Waals surface area contributed by atoms with Crippen LogP contribution < -0.4 is 11.1 Å². The molecule has 0 spiro atoms. The van der Waals surface area contributed by atoms with E-state index >= 15 is 0 Å². The summed E-state index contributed by atoms with van der Waals surface area (Å²) >= 11 is 3.41. The minimum Gasteiger partial charge on any atom is -0.398 e. The molecule has 1 fully saturated rings. The summed E-state index contributed by atoms with van der Waals surface area (Å²) in [5, 5.41) is 3.46. The minimum atomic E-state index is 0.862. The molecule has 3 N–H and O–H groups in total. The van der Waals surface area contributed by atoms with Gasteiger partial charge in [-0.15, -0.1) is 0 Å². The van der Waals surface area contributed by atoms with E-state index in [4.69, 9.17) is 5.73 Å². The highest BCUT2D eigenvalue weighted by molar-refractivity contribution is 9.10. The molecule has 0 bridgehead atoms. The Morgan fingerprint density at radius 2 is 2.27 bits per heavy atom. The standard InChI is InChI=1S/C12H17BrN2/c1-8-4-10(8)7-15-6-9-2-3-11(13)5-12(9)14/h2-3,5,8,10,15H,4,6-7,14H2,1H3. The molecule has 3 heteroatoms. The Bertz CT molecular complexity index is 351. The van der Waals surface area contributed by atoms with Crippen molar-refractivity contribution in [2.45, 2.75) is 19.9 Å². The van der Waals surface area contributed by atoms with Crippen molar-refractivity contribution < 1.29 is 0 Å². The van der Waals surface area contributed by atoms with Crippen LogP contribution in [0.4, 0.5) is 5.69 Å². The van der Waals surface area contributed by atoms with Gasteiger partial charge in [0.2, 0.25) is 0 Å². The van der Waals surface area contributed by atoms with Gasteiger partial charge in [-0.05, 0) is 42.5 Å². The SMILES string of the molecule is CC1CC1CNCc1ccc(Br)cc1N. The number of hydrogen-bond donors (Lipinski definition) is 2. The number of rotatable bonds is 4. The molecule has 15 heavy (non-hydrogen) atoms. The fourth-order valence-corrected chi connectivity index (χ4v) is 2.18. The van der Waals surface area contributed by atoms with E-state index < -0.39 is 0 Å². The second-order valence-corrected chi connectivity index (χ2v) is 5.36. The number of halogens is 1. The summed E-state index contributed by atoms with van der Waals surface area (Å²) in [6.45, 7) is 4.30. The lowest BCUT2D eigenvalue weighted by molar-refractivity contribution is 0.612. The van der Waals surface area contributed by atoms with Crippen LogP contribution in [-0.2, 0) is 6.54 Å². The van der Waals surface area contributed by atoms with E-state index in [1.807, 2.05) is 12.1 Å². The van der Waals surface area contributed by atoms with Crippen LogP contribution in [0.2, 0.25) is 0 Å². The van der Waals surface area contributed by atoms with Crippen LogP contribution in [0.5, 0.6) is 0 Å². The Hall–Kier alpha value is -0.540. The van der Waals surface area contributed by atoms with Crippen molar-refractivity contribution in [3.05, 3.63) is 28.2 Å². The van der Waals surface area contributed by atoms with E-state index in [-0.39, 0.29) is 0 Å². The fraction of sp³-hybridized carbons (Fsp3) is 0.500. The van der Waals surface area contributed by atoms with Gasteiger partial charge in [0.1, 0.15) is 0 Å². The quantitative estimate of drug-likeness (QED) is 0.825. The zero-order chi connectivity index (χ0) is 10.8. The maximum Gasteiger partial charge on any atom is 0.0370 e. The number of nitrogens with one attached hydrogen (secondary N) is 1. The van der Waals surface area contributed by atoms with Crippen molar-refractivity contribution in [1.29, 1.82) is 0 Å². The third-order valence-electron chi connectivity index (χ3n) is 3.11. The molecule has 0 aliphatic heterocycles. The zero-order valence-electron chi connectivity index (χ0n) is 8.96. The molecule has 1 aliphatic carbocycles. The van der Waals surface area contributed by atoms with Gasteiger partial charge in [0.05, 0.1) is 0 Å². The van der Waals surface area contributed by atoms with E-state index in [9.17, 15) is 0 Å². The molecular formula is C12H17BrN2. The van der Waals surface area contributed by atoms with Crippen molar-refractivity contribution >= 4 is 21.6 Å². The van der Waals surface area contributed by atoms with Gasteiger partial charge in [-0.3, -0.25) is 0 Å². The molecule has 2 nitrogen and oxygen atoms in total. The first-order chi connectivity index (χ1) is 7.16.